The number of hydrogen-bond acceptors (Lipinski definition) is 2. The summed E-state index contributed by atoms with van der Waals surface area (Å²) in [7, 11) is 0. The third-order valence-electron chi connectivity index (χ3n) is 3.26. The Balaban J connectivity index is 2.06. The van der Waals surface area contributed by atoms with Crippen LogP contribution in [0.1, 0.15) is 37.3 Å². The maximum absolute atomic E-state index is 13.5. The van der Waals surface area contributed by atoms with E-state index in [1.807, 2.05) is 0 Å². The Morgan fingerprint density at radius 1 is 1.31 bits per heavy atom. The summed E-state index contributed by atoms with van der Waals surface area (Å²) in [6.07, 6.45) is 4.72. The SMILES string of the molecule is OCC(NC1CCCC1)c1ccccc1F. The standard InChI is InChI=1S/C13H18FNO/c14-12-8-4-3-7-11(12)13(9-16)15-10-5-1-2-6-10/h3-4,7-8,10,13,15-16H,1-2,5-6,9H2. The predicted octanol–water partition coefficient (Wildman–Crippen LogP) is 2.39. The van der Waals surface area contributed by atoms with Gasteiger partial charge >= 0.3 is 0 Å². The molecule has 1 aromatic rings. The lowest BCUT2D eigenvalue weighted by Crippen LogP contribution is -2.33. The molecule has 0 heterocycles. The van der Waals surface area contributed by atoms with Gasteiger partial charge < -0.3 is 10.4 Å². The number of benzene rings is 1. The summed E-state index contributed by atoms with van der Waals surface area (Å²) in [5, 5.41) is 12.7. The van der Waals surface area contributed by atoms with Gasteiger partial charge in [0.1, 0.15) is 5.82 Å². The Kier molecular flexibility index (Phi) is 3.91. The van der Waals surface area contributed by atoms with Gasteiger partial charge in [-0.05, 0) is 18.9 Å². The number of aliphatic hydroxyl groups is 1. The zero-order valence-corrected chi connectivity index (χ0v) is 9.32. The molecule has 88 valence electrons. The Bertz CT molecular complexity index is 336. The van der Waals surface area contributed by atoms with Gasteiger partial charge in [-0.1, -0.05) is 31.0 Å². The van der Waals surface area contributed by atoms with E-state index in [0.717, 1.165) is 12.8 Å². The minimum Gasteiger partial charge on any atom is -0.394 e. The highest BCUT2D eigenvalue weighted by atomic mass is 19.1. The van der Waals surface area contributed by atoms with E-state index in [1.54, 1.807) is 18.2 Å². The normalized spacial score (nSPS) is 18.9. The van der Waals surface area contributed by atoms with E-state index in [9.17, 15) is 9.50 Å². The fourth-order valence-electron chi connectivity index (χ4n) is 2.38. The summed E-state index contributed by atoms with van der Waals surface area (Å²) in [6.45, 7) is -0.0581. The predicted molar refractivity (Wildman–Crippen MR) is 61.6 cm³/mol. The van der Waals surface area contributed by atoms with E-state index in [0.29, 0.717) is 11.6 Å². The summed E-state index contributed by atoms with van der Waals surface area (Å²) in [6, 6.07) is 6.80. The van der Waals surface area contributed by atoms with Crippen LogP contribution in [0, 0.1) is 5.82 Å². The lowest BCUT2D eigenvalue weighted by atomic mass is 10.1. The largest absolute Gasteiger partial charge is 0.394 e. The van der Waals surface area contributed by atoms with Crippen molar-refractivity contribution in [2.24, 2.45) is 0 Å². The van der Waals surface area contributed by atoms with E-state index < -0.39 is 0 Å². The topological polar surface area (TPSA) is 32.3 Å². The van der Waals surface area contributed by atoms with Crippen LogP contribution in [0.15, 0.2) is 24.3 Å². The van der Waals surface area contributed by atoms with Crippen LogP contribution < -0.4 is 5.32 Å². The molecule has 1 atom stereocenters. The molecule has 2 rings (SSSR count). The highest BCUT2D eigenvalue weighted by Gasteiger charge is 2.21. The minimum absolute atomic E-state index is 0.0581. The van der Waals surface area contributed by atoms with E-state index >= 15 is 0 Å². The average molecular weight is 223 g/mol. The second kappa shape index (κ2) is 5.41. The number of halogens is 1. The van der Waals surface area contributed by atoms with Crippen molar-refractivity contribution in [3.05, 3.63) is 35.6 Å². The van der Waals surface area contributed by atoms with Gasteiger partial charge in [0.2, 0.25) is 0 Å². The third kappa shape index (κ3) is 2.60. The maximum atomic E-state index is 13.5. The molecule has 0 bridgehead atoms. The molecule has 2 N–H and O–H groups in total. The fraction of sp³-hybridized carbons (Fsp3) is 0.538. The summed E-state index contributed by atoms with van der Waals surface area (Å²) >= 11 is 0. The molecule has 1 aliphatic carbocycles. The van der Waals surface area contributed by atoms with Gasteiger partial charge in [0.05, 0.1) is 12.6 Å². The Morgan fingerprint density at radius 3 is 2.62 bits per heavy atom. The Hall–Kier alpha value is -0.930. The van der Waals surface area contributed by atoms with Crippen LogP contribution in [-0.2, 0) is 0 Å². The van der Waals surface area contributed by atoms with Crippen molar-refractivity contribution in [1.82, 2.24) is 5.32 Å². The molecule has 1 fully saturated rings. The Labute approximate surface area is 95.5 Å². The minimum atomic E-state index is -0.274. The van der Waals surface area contributed by atoms with Crippen molar-refractivity contribution in [2.45, 2.75) is 37.8 Å². The third-order valence-corrected chi connectivity index (χ3v) is 3.26. The van der Waals surface area contributed by atoms with Gasteiger partial charge in [0.15, 0.2) is 0 Å². The zero-order valence-electron chi connectivity index (χ0n) is 9.32. The molecule has 0 aliphatic heterocycles. The monoisotopic (exact) mass is 223 g/mol. The number of aliphatic hydroxyl groups excluding tert-OH is 1. The first-order valence-electron chi connectivity index (χ1n) is 5.92. The first-order valence-corrected chi connectivity index (χ1v) is 5.92. The second-order valence-electron chi connectivity index (χ2n) is 4.40. The number of hydrogen-bond donors (Lipinski definition) is 2. The summed E-state index contributed by atoms with van der Waals surface area (Å²) in [5.74, 6) is -0.243. The van der Waals surface area contributed by atoms with Crippen LogP contribution in [0.25, 0.3) is 0 Å². The molecule has 3 heteroatoms. The van der Waals surface area contributed by atoms with E-state index in [1.165, 1.54) is 18.9 Å². The average Bonchev–Trinajstić information content (AvgIpc) is 2.80. The van der Waals surface area contributed by atoms with Crippen molar-refractivity contribution in [3.8, 4) is 0 Å². The van der Waals surface area contributed by atoms with E-state index in [-0.39, 0.29) is 18.5 Å². The molecule has 16 heavy (non-hydrogen) atoms. The molecule has 0 amide bonds. The van der Waals surface area contributed by atoms with E-state index in [2.05, 4.69) is 5.32 Å². The second-order valence-corrected chi connectivity index (χ2v) is 4.40. The zero-order chi connectivity index (χ0) is 11.4. The van der Waals surface area contributed by atoms with Crippen LogP contribution in [0.2, 0.25) is 0 Å². The van der Waals surface area contributed by atoms with Crippen LogP contribution in [0.3, 0.4) is 0 Å². The lowest BCUT2D eigenvalue weighted by Gasteiger charge is -2.21. The number of rotatable bonds is 4. The van der Waals surface area contributed by atoms with Crippen LogP contribution in [0.5, 0.6) is 0 Å². The summed E-state index contributed by atoms with van der Waals surface area (Å²) < 4.78 is 13.5. The Morgan fingerprint density at radius 2 is 2.00 bits per heavy atom. The van der Waals surface area contributed by atoms with E-state index in [4.69, 9.17) is 0 Å². The molecule has 1 saturated carbocycles. The number of nitrogens with one attached hydrogen (secondary N) is 1. The molecule has 0 saturated heterocycles. The first kappa shape index (κ1) is 11.6. The van der Waals surface area contributed by atoms with Crippen molar-refractivity contribution < 1.29 is 9.50 Å². The van der Waals surface area contributed by atoms with Gasteiger partial charge in [-0.3, -0.25) is 0 Å². The van der Waals surface area contributed by atoms with Gasteiger partial charge in [-0.25, -0.2) is 4.39 Å². The van der Waals surface area contributed by atoms with Gasteiger partial charge in [0.25, 0.3) is 0 Å². The van der Waals surface area contributed by atoms with Gasteiger partial charge in [-0.2, -0.15) is 0 Å². The smallest absolute Gasteiger partial charge is 0.128 e. The lowest BCUT2D eigenvalue weighted by molar-refractivity contribution is 0.230. The van der Waals surface area contributed by atoms with Crippen LogP contribution in [0.4, 0.5) is 4.39 Å². The molecule has 0 spiro atoms. The maximum Gasteiger partial charge on any atom is 0.128 e. The molecule has 0 aromatic heterocycles. The molecule has 1 unspecified atom stereocenters. The quantitative estimate of drug-likeness (QED) is 0.821. The molecule has 1 aliphatic rings. The van der Waals surface area contributed by atoms with Crippen molar-refractivity contribution >= 4 is 0 Å². The van der Waals surface area contributed by atoms with Gasteiger partial charge in [0, 0.05) is 11.6 Å². The molecule has 0 radical (unpaired) electrons. The molecule has 1 aromatic carbocycles. The van der Waals surface area contributed by atoms with Crippen molar-refractivity contribution in [2.75, 3.05) is 6.61 Å². The van der Waals surface area contributed by atoms with Crippen molar-refractivity contribution in [1.29, 1.82) is 0 Å². The van der Waals surface area contributed by atoms with Gasteiger partial charge in [-0.15, -0.1) is 0 Å². The first-order chi connectivity index (χ1) is 7.81. The highest BCUT2D eigenvalue weighted by molar-refractivity contribution is 5.21. The molecular formula is C13H18FNO. The molecule has 2 nitrogen and oxygen atoms in total. The van der Waals surface area contributed by atoms with Crippen LogP contribution in [-0.4, -0.2) is 17.8 Å². The van der Waals surface area contributed by atoms with Crippen LogP contribution >= 0.6 is 0 Å². The summed E-state index contributed by atoms with van der Waals surface area (Å²) in [5.41, 5.74) is 0.567. The fourth-order valence-corrected chi connectivity index (χ4v) is 2.38. The highest BCUT2D eigenvalue weighted by Crippen LogP contribution is 2.23. The summed E-state index contributed by atoms with van der Waals surface area (Å²) in [4.78, 5) is 0. The molecular weight excluding hydrogens is 205 g/mol. The van der Waals surface area contributed by atoms with Crippen molar-refractivity contribution in [3.63, 3.8) is 0 Å².